The number of hydrogen-bond acceptors (Lipinski definition) is 6. The fourth-order valence-electron chi connectivity index (χ4n) is 3.69. The van der Waals surface area contributed by atoms with E-state index < -0.39 is 0 Å². The van der Waals surface area contributed by atoms with E-state index in [4.69, 9.17) is 4.74 Å². The number of H-pyrrole nitrogens is 1. The molecule has 1 aliphatic rings. The van der Waals surface area contributed by atoms with Gasteiger partial charge in [0.15, 0.2) is 0 Å². The number of carbonyl (C=O) groups excluding carboxylic acids is 1. The van der Waals surface area contributed by atoms with Crippen molar-refractivity contribution in [2.24, 2.45) is 5.92 Å². The van der Waals surface area contributed by atoms with Gasteiger partial charge in [0.05, 0.1) is 19.1 Å². The van der Waals surface area contributed by atoms with Crippen LogP contribution in [0.4, 0.5) is 5.82 Å². The summed E-state index contributed by atoms with van der Waals surface area (Å²) in [4.78, 5) is 25.9. The molecule has 0 radical (unpaired) electrons. The number of anilines is 1. The van der Waals surface area contributed by atoms with E-state index in [2.05, 4.69) is 52.7 Å². The van der Waals surface area contributed by atoms with E-state index >= 15 is 0 Å². The Kier molecular flexibility index (Phi) is 5.27. The van der Waals surface area contributed by atoms with Crippen molar-refractivity contribution in [1.82, 2.24) is 15.0 Å². The number of piperidine rings is 1. The zero-order valence-electron chi connectivity index (χ0n) is 15.1. The van der Waals surface area contributed by atoms with Crippen LogP contribution in [0.1, 0.15) is 12.8 Å². The zero-order chi connectivity index (χ0) is 18.8. The molecule has 3 heterocycles. The highest BCUT2D eigenvalue weighted by molar-refractivity contribution is 9.10. The Balaban J connectivity index is 1.58. The molecule has 27 heavy (non-hydrogen) atoms. The van der Waals surface area contributed by atoms with Crippen LogP contribution < -0.4 is 4.90 Å². The van der Waals surface area contributed by atoms with Gasteiger partial charge in [0.1, 0.15) is 24.4 Å². The minimum Gasteiger partial charge on any atom is -0.467 e. The van der Waals surface area contributed by atoms with E-state index in [1.54, 1.807) is 6.33 Å². The van der Waals surface area contributed by atoms with Crippen LogP contribution in [0.5, 0.6) is 0 Å². The van der Waals surface area contributed by atoms with Gasteiger partial charge in [-0.05, 0) is 30.9 Å². The number of nitrogens with zero attached hydrogens (tertiary/aromatic N) is 3. The Hall–Kier alpha value is -2.19. The number of benzene rings is 1. The third-order valence-electron chi connectivity index (χ3n) is 4.95. The molecule has 2 aromatic heterocycles. The molecule has 0 saturated carbocycles. The number of hydrogen-bond donors (Lipinski definition) is 1. The number of halogens is 1. The molecule has 1 aromatic carbocycles. The minimum atomic E-state index is -0.342. The largest absolute Gasteiger partial charge is 0.467 e. The normalized spacial score (nSPS) is 17.6. The van der Waals surface area contributed by atoms with Gasteiger partial charge in [-0.15, -0.1) is 0 Å². The molecule has 8 heteroatoms. The highest BCUT2D eigenvalue weighted by atomic mass is 79.9. The van der Waals surface area contributed by atoms with Crippen LogP contribution in [-0.4, -0.2) is 54.3 Å². The summed E-state index contributed by atoms with van der Waals surface area (Å²) in [5, 5.41) is 2.17. The number of carbonyl (C=O) groups is 1. The van der Waals surface area contributed by atoms with Crippen LogP contribution >= 0.6 is 15.9 Å². The third kappa shape index (κ3) is 3.77. The number of esters is 1. The Morgan fingerprint density at radius 2 is 2.30 bits per heavy atom. The van der Waals surface area contributed by atoms with E-state index in [0.29, 0.717) is 12.5 Å². The van der Waals surface area contributed by atoms with Gasteiger partial charge in [-0.1, -0.05) is 22.0 Å². The van der Waals surface area contributed by atoms with E-state index in [1.165, 1.54) is 7.11 Å². The van der Waals surface area contributed by atoms with Gasteiger partial charge >= 0.3 is 5.97 Å². The summed E-state index contributed by atoms with van der Waals surface area (Å²) in [6, 6.07) is 6.18. The fourth-order valence-corrected chi connectivity index (χ4v) is 4.05. The Morgan fingerprint density at radius 1 is 1.41 bits per heavy atom. The number of methoxy groups -OCH3 is 1. The summed E-state index contributed by atoms with van der Waals surface area (Å²) in [5.74, 6) is 0.962. The number of ether oxygens (including phenoxy) is 2. The first-order chi connectivity index (χ1) is 13.2. The van der Waals surface area contributed by atoms with Crippen LogP contribution in [0.15, 0.2) is 29.0 Å². The van der Waals surface area contributed by atoms with Gasteiger partial charge in [-0.25, -0.2) is 14.8 Å². The van der Waals surface area contributed by atoms with Crippen LogP contribution in [0.2, 0.25) is 0 Å². The average Bonchev–Trinajstić information content (AvgIpc) is 3.05. The predicted molar refractivity (Wildman–Crippen MR) is 107 cm³/mol. The lowest BCUT2D eigenvalue weighted by Crippen LogP contribution is -2.38. The van der Waals surface area contributed by atoms with Gasteiger partial charge < -0.3 is 19.4 Å². The maximum atomic E-state index is 11.2. The van der Waals surface area contributed by atoms with Crippen LogP contribution in [0.3, 0.4) is 0 Å². The van der Waals surface area contributed by atoms with Crippen molar-refractivity contribution in [3.63, 3.8) is 0 Å². The second kappa shape index (κ2) is 7.82. The minimum absolute atomic E-state index is 0.00206. The molecule has 0 spiro atoms. The van der Waals surface area contributed by atoms with Crippen molar-refractivity contribution < 1.29 is 14.3 Å². The Morgan fingerprint density at radius 3 is 3.15 bits per heavy atom. The number of fused-ring (bicyclic) bond motifs is 3. The van der Waals surface area contributed by atoms with Crippen molar-refractivity contribution in [1.29, 1.82) is 0 Å². The molecule has 1 atom stereocenters. The number of rotatable bonds is 5. The topological polar surface area (TPSA) is 80.3 Å². The summed E-state index contributed by atoms with van der Waals surface area (Å²) in [6.07, 6.45) is 3.75. The summed E-state index contributed by atoms with van der Waals surface area (Å²) in [6.45, 7) is 2.34. The van der Waals surface area contributed by atoms with E-state index in [1.807, 2.05) is 6.07 Å². The molecule has 1 aliphatic heterocycles. The first kappa shape index (κ1) is 18.2. The monoisotopic (exact) mass is 432 g/mol. The van der Waals surface area contributed by atoms with Gasteiger partial charge in [0.2, 0.25) is 0 Å². The first-order valence-electron chi connectivity index (χ1n) is 8.97. The molecule has 0 aliphatic carbocycles. The number of aromatic amines is 1. The summed E-state index contributed by atoms with van der Waals surface area (Å²) < 4.78 is 11.2. The van der Waals surface area contributed by atoms with E-state index in [9.17, 15) is 4.79 Å². The van der Waals surface area contributed by atoms with Gasteiger partial charge in [-0.2, -0.15) is 0 Å². The lowest BCUT2D eigenvalue weighted by molar-refractivity contribution is -0.146. The van der Waals surface area contributed by atoms with E-state index in [0.717, 1.165) is 58.2 Å². The first-order valence-corrected chi connectivity index (χ1v) is 9.76. The molecule has 7 nitrogen and oxygen atoms in total. The third-order valence-corrected chi connectivity index (χ3v) is 5.44. The maximum Gasteiger partial charge on any atom is 0.331 e. The smallest absolute Gasteiger partial charge is 0.331 e. The van der Waals surface area contributed by atoms with Crippen molar-refractivity contribution in [3.05, 3.63) is 29.0 Å². The second-order valence-electron chi connectivity index (χ2n) is 6.78. The van der Waals surface area contributed by atoms with Gasteiger partial charge in [-0.3, -0.25) is 0 Å². The van der Waals surface area contributed by atoms with Crippen LogP contribution in [0, 0.1) is 5.92 Å². The standard InChI is InChI=1S/C19H21BrN4O3/c1-26-16(25)10-27-9-12-3-2-6-24(8-12)19-17-14-5-4-13(20)7-15(14)23-18(17)21-11-22-19/h4-5,7,11-12H,2-3,6,8-10H2,1H3,(H,21,22,23). The SMILES string of the molecule is COC(=O)COCC1CCCN(c2ncnc3[nH]c4cc(Br)ccc4c23)C1. The summed E-state index contributed by atoms with van der Waals surface area (Å²) >= 11 is 3.52. The van der Waals surface area contributed by atoms with Crippen LogP contribution in [-0.2, 0) is 14.3 Å². The molecular formula is C19H21BrN4O3. The fraction of sp³-hybridized carbons (Fsp3) is 0.421. The molecule has 0 bridgehead atoms. The zero-order valence-corrected chi connectivity index (χ0v) is 16.7. The quantitative estimate of drug-likeness (QED) is 0.623. The molecule has 1 N–H and O–H groups in total. The molecule has 4 rings (SSSR count). The van der Waals surface area contributed by atoms with Crippen molar-refractivity contribution in [3.8, 4) is 0 Å². The highest BCUT2D eigenvalue weighted by Crippen LogP contribution is 2.34. The number of aromatic nitrogens is 3. The maximum absolute atomic E-state index is 11.2. The Bertz CT molecular complexity index is 974. The van der Waals surface area contributed by atoms with E-state index in [-0.39, 0.29) is 12.6 Å². The summed E-state index contributed by atoms with van der Waals surface area (Å²) in [7, 11) is 1.37. The van der Waals surface area contributed by atoms with Crippen molar-refractivity contribution in [2.75, 3.05) is 38.3 Å². The molecule has 142 valence electrons. The second-order valence-corrected chi connectivity index (χ2v) is 7.70. The molecular weight excluding hydrogens is 412 g/mol. The number of nitrogens with one attached hydrogen (secondary N) is 1. The molecule has 1 unspecified atom stereocenters. The lowest BCUT2D eigenvalue weighted by Gasteiger charge is -2.33. The lowest BCUT2D eigenvalue weighted by atomic mass is 9.98. The predicted octanol–water partition coefficient (Wildman–Crippen LogP) is 3.28. The summed E-state index contributed by atoms with van der Waals surface area (Å²) in [5.41, 5.74) is 1.88. The van der Waals surface area contributed by atoms with Crippen molar-refractivity contribution >= 4 is 49.7 Å². The Labute approximate surface area is 165 Å². The van der Waals surface area contributed by atoms with Gasteiger partial charge in [0, 0.05) is 28.5 Å². The molecule has 1 fully saturated rings. The van der Waals surface area contributed by atoms with Gasteiger partial charge in [0.25, 0.3) is 0 Å². The van der Waals surface area contributed by atoms with Crippen LogP contribution in [0.25, 0.3) is 21.9 Å². The molecule has 1 saturated heterocycles. The average molecular weight is 433 g/mol. The molecule has 3 aromatic rings. The highest BCUT2D eigenvalue weighted by Gasteiger charge is 2.24. The van der Waals surface area contributed by atoms with Crippen molar-refractivity contribution in [2.45, 2.75) is 12.8 Å². The molecule has 0 amide bonds.